The largest absolute Gasteiger partial charge is 0.294 e. The molecule has 21 heavy (non-hydrogen) atoms. The summed E-state index contributed by atoms with van der Waals surface area (Å²) in [6.45, 7) is 0. The highest BCUT2D eigenvalue weighted by Crippen LogP contribution is 2.16. The number of ketones is 1. The molecular formula is C15H14N4OS. The molecule has 3 aromatic rings. The molecule has 1 aromatic carbocycles. The van der Waals surface area contributed by atoms with Crippen LogP contribution < -0.4 is 0 Å². The number of hydrogen-bond acceptors (Lipinski definition) is 5. The number of carbonyl (C=O) groups excluding carboxylic acids is 1. The van der Waals surface area contributed by atoms with Gasteiger partial charge in [-0.2, -0.15) is 4.98 Å². The third kappa shape index (κ3) is 3.46. The van der Waals surface area contributed by atoms with E-state index in [2.05, 4.69) is 15.1 Å². The maximum atomic E-state index is 11.9. The maximum absolute atomic E-state index is 11.9. The van der Waals surface area contributed by atoms with Gasteiger partial charge >= 0.3 is 0 Å². The molecule has 0 unspecified atom stereocenters. The number of fused-ring (bicyclic) bond motifs is 1. The van der Waals surface area contributed by atoms with Gasteiger partial charge in [0.25, 0.3) is 5.78 Å². The first-order valence-electron chi connectivity index (χ1n) is 6.71. The Morgan fingerprint density at radius 3 is 2.86 bits per heavy atom. The monoisotopic (exact) mass is 298 g/mol. The fourth-order valence-corrected chi connectivity index (χ4v) is 2.70. The highest BCUT2D eigenvalue weighted by Gasteiger charge is 2.07. The maximum Gasteiger partial charge on any atom is 0.253 e. The molecule has 0 aliphatic heterocycles. The molecule has 3 rings (SSSR count). The quantitative estimate of drug-likeness (QED) is 0.398. The van der Waals surface area contributed by atoms with Crippen LogP contribution in [0.15, 0.2) is 53.9 Å². The summed E-state index contributed by atoms with van der Waals surface area (Å²) in [6, 6.07) is 11.2. The fraction of sp³-hybridized carbons (Fsp3) is 0.200. The summed E-state index contributed by atoms with van der Waals surface area (Å²) in [4.78, 5) is 20.4. The van der Waals surface area contributed by atoms with Crippen molar-refractivity contribution in [2.24, 2.45) is 0 Å². The van der Waals surface area contributed by atoms with Crippen LogP contribution in [0.3, 0.4) is 0 Å². The predicted octanol–water partition coefficient (Wildman–Crippen LogP) is 2.88. The van der Waals surface area contributed by atoms with Crippen molar-refractivity contribution in [2.75, 3.05) is 5.75 Å². The summed E-state index contributed by atoms with van der Waals surface area (Å²) < 4.78 is 1.65. The van der Waals surface area contributed by atoms with Crippen molar-refractivity contribution in [2.45, 2.75) is 18.0 Å². The van der Waals surface area contributed by atoms with Crippen LogP contribution in [0.4, 0.5) is 0 Å². The predicted molar refractivity (Wildman–Crippen MR) is 81.5 cm³/mol. The van der Waals surface area contributed by atoms with E-state index in [-0.39, 0.29) is 5.78 Å². The van der Waals surface area contributed by atoms with Crippen molar-refractivity contribution in [1.82, 2.24) is 19.6 Å². The lowest BCUT2D eigenvalue weighted by Crippen LogP contribution is -1.99. The molecule has 0 spiro atoms. The van der Waals surface area contributed by atoms with Gasteiger partial charge in [0.2, 0.25) is 5.16 Å². The molecule has 0 aliphatic rings. The van der Waals surface area contributed by atoms with E-state index in [9.17, 15) is 4.79 Å². The molecule has 2 heterocycles. The third-order valence-electron chi connectivity index (χ3n) is 2.97. The van der Waals surface area contributed by atoms with Gasteiger partial charge in [-0.1, -0.05) is 42.1 Å². The van der Waals surface area contributed by atoms with Crippen molar-refractivity contribution in [3.63, 3.8) is 0 Å². The first kappa shape index (κ1) is 13.8. The Balaban J connectivity index is 1.49. The average Bonchev–Trinajstić information content (AvgIpc) is 2.95. The van der Waals surface area contributed by atoms with Crippen molar-refractivity contribution < 1.29 is 4.79 Å². The highest BCUT2D eigenvalue weighted by atomic mass is 32.2. The molecule has 0 N–H and O–H groups in total. The zero-order valence-electron chi connectivity index (χ0n) is 11.3. The highest BCUT2D eigenvalue weighted by molar-refractivity contribution is 7.99. The molecule has 0 saturated carbocycles. The van der Waals surface area contributed by atoms with E-state index in [1.807, 2.05) is 42.6 Å². The summed E-state index contributed by atoms with van der Waals surface area (Å²) in [7, 11) is 0. The Labute approximate surface area is 126 Å². The zero-order valence-corrected chi connectivity index (χ0v) is 12.2. The van der Waals surface area contributed by atoms with E-state index < -0.39 is 0 Å². The lowest BCUT2D eigenvalue weighted by atomic mass is 10.1. The summed E-state index contributed by atoms with van der Waals surface area (Å²) in [5.74, 6) is 1.59. The number of carbonyl (C=O) groups is 1. The molecule has 0 atom stereocenters. The summed E-state index contributed by atoms with van der Waals surface area (Å²) in [5.41, 5.74) is 0.776. The van der Waals surface area contributed by atoms with Crippen molar-refractivity contribution in [1.29, 1.82) is 0 Å². The SMILES string of the molecule is O=C(CCCSc1nc2ncccn2n1)c1ccccc1. The Morgan fingerprint density at radius 1 is 1.19 bits per heavy atom. The van der Waals surface area contributed by atoms with Crippen LogP contribution in [0.25, 0.3) is 5.78 Å². The summed E-state index contributed by atoms with van der Waals surface area (Å²) in [5, 5.41) is 5.00. The van der Waals surface area contributed by atoms with Crippen molar-refractivity contribution in [3.8, 4) is 0 Å². The van der Waals surface area contributed by atoms with Gasteiger partial charge in [0, 0.05) is 30.1 Å². The van der Waals surface area contributed by atoms with Crippen LogP contribution >= 0.6 is 11.8 Å². The number of Topliss-reactive ketones (excluding diaryl/α,β-unsaturated/α-hetero) is 1. The minimum absolute atomic E-state index is 0.181. The second-order valence-electron chi connectivity index (χ2n) is 4.50. The Bertz CT molecular complexity index is 709. The molecule has 0 saturated heterocycles. The molecule has 106 valence electrons. The van der Waals surface area contributed by atoms with Gasteiger partial charge in [-0.3, -0.25) is 4.79 Å². The molecule has 0 fully saturated rings. The van der Waals surface area contributed by atoms with Gasteiger partial charge in [0.1, 0.15) is 0 Å². The first-order valence-corrected chi connectivity index (χ1v) is 7.70. The Morgan fingerprint density at radius 2 is 2.05 bits per heavy atom. The Hall–Kier alpha value is -2.21. The van der Waals surface area contributed by atoms with Gasteiger partial charge in [-0.25, -0.2) is 9.50 Å². The normalized spacial score (nSPS) is 10.9. The minimum Gasteiger partial charge on any atom is -0.294 e. The standard InChI is InChI=1S/C15H14N4OS/c20-13(12-6-2-1-3-7-12)8-4-11-21-15-17-14-16-9-5-10-19(14)18-15/h1-3,5-7,9-10H,4,8,11H2. The van der Waals surface area contributed by atoms with Gasteiger partial charge in [-0.15, -0.1) is 5.10 Å². The van der Waals surface area contributed by atoms with Crippen LogP contribution in [-0.2, 0) is 0 Å². The number of rotatable bonds is 6. The topological polar surface area (TPSA) is 60.2 Å². The zero-order chi connectivity index (χ0) is 14.5. The van der Waals surface area contributed by atoms with E-state index in [0.29, 0.717) is 17.4 Å². The van der Waals surface area contributed by atoms with Gasteiger partial charge in [-0.05, 0) is 12.5 Å². The van der Waals surface area contributed by atoms with Gasteiger partial charge in [0.15, 0.2) is 5.78 Å². The number of nitrogens with zero attached hydrogens (tertiary/aromatic N) is 4. The molecule has 6 heteroatoms. The second kappa shape index (κ2) is 6.49. The molecular weight excluding hydrogens is 284 g/mol. The summed E-state index contributed by atoms with van der Waals surface area (Å²) >= 11 is 1.55. The molecule has 5 nitrogen and oxygen atoms in total. The lowest BCUT2D eigenvalue weighted by molar-refractivity contribution is 0.0982. The van der Waals surface area contributed by atoms with Crippen LogP contribution in [0.5, 0.6) is 0 Å². The Kier molecular flexibility index (Phi) is 4.25. The smallest absolute Gasteiger partial charge is 0.253 e. The molecule has 0 radical (unpaired) electrons. The van der Waals surface area contributed by atoms with E-state index >= 15 is 0 Å². The fourth-order valence-electron chi connectivity index (χ4n) is 1.94. The molecule has 0 bridgehead atoms. The molecule has 0 amide bonds. The van der Waals surface area contributed by atoms with Crippen LogP contribution in [-0.4, -0.2) is 31.1 Å². The van der Waals surface area contributed by atoms with Crippen molar-refractivity contribution in [3.05, 3.63) is 54.4 Å². The van der Waals surface area contributed by atoms with E-state index in [1.54, 1.807) is 22.5 Å². The molecule has 2 aromatic heterocycles. The van der Waals surface area contributed by atoms with Crippen LogP contribution in [0.2, 0.25) is 0 Å². The lowest BCUT2D eigenvalue weighted by Gasteiger charge is -1.99. The second-order valence-corrected chi connectivity index (χ2v) is 5.56. The third-order valence-corrected chi connectivity index (χ3v) is 3.90. The van der Waals surface area contributed by atoms with Crippen LogP contribution in [0.1, 0.15) is 23.2 Å². The first-order chi connectivity index (χ1) is 10.3. The van der Waals surface area contributed by atoms with Gasteiger partial charge in [0.05, 0.1) is 0 Å². The number of aromatic nitrogens is 4. The van der Waals surface area contributed by atoms with Gasteiger partial charge < -0.3 is 0 Å². The molecule has 0 aliphatic carbocycles. The van der Waals surface area contributed by atoms with E-state index in [1.165, 1.54) is 0 Å². The number of benzene rings is 1. The summed E-state index contributed by atoms with van der Waals surface area (Å²) in [6.07, 6.45) is 4.86. The van der Waals surface area contributed by atoms with E-state index in [4.69, 9.17) is 0 Å². The van der Waals surface area contributed by atoms with Crippen molar-refractivity contribution >= 4 is 23.3 Å². The number of thioether (sulfide) groups is 1. The van der Waals surface area contributed by atoms with Crippen LogP contribution in [0, 0.1) is 0 Å². The minimum atomic E-state index is 0.181. The number of hydrogen-bond donors (Lipinski definition) is 0. The average molecular weight is 298 g/mol. The van der Waals surface area contributed by atoms with E-state index in [0.717, 1.165) is 17.7 Å².